The van der Waals surface area contributed by atoms with Gasteiger partial charge in [0.25, 0.3) is 0 Å². The summed E-state index contributed by atoms with van der Waals surface area (Å²) >= 11 is 0. The van der Waals surface area contributed by atoms with E-state index in [1.54, 1.807) is 0 Å². The molecule has 0 aromatic heterocycles. The standard InChI is InChI=1S/C13H19N/c1-11-7-9-13(10-8-11)14-12-5-3-2-4-6-12/h7-10,12,14H,2-6H2,1H3. The molecule has 2 rings (SSSR count). The fourth-order valence-corrected chi connectivity index (χ4v) is 2.13. The van der Waals surface area contributed by atoms with Gasteiger partial charge in [0.05, 0.1) is 0 Å². The second kappa shape index (κ2) is 4.50. The SMILES string of the molecule is Cc1ccc(NC2CCCCC2)cc1. The van der Waals surface area contributed by atoms with Gasteiger partial charge in [-0.15, -0.1) is 0 Å². The minimum atomic E-state index is 0.714. The Hall–Kier alpha value is -0.980. The van der Waals surface area contributed by atoms with E-state index in [0.29, 0.717) is 6.04 Å². The van der Waals surface area contributed by atoms with E-state index in [9.17, 15) is 0 Å². The highest BCUT2D eigenvalue weighted by atomic mass is 14.9. The molecule has 1 aromatic rings. The number of aryl methyl sites for hydroxylation is 1. The highest BCUT2D eigenvalue weighted by Crippen LogP contribution is 2.21. The van der Waals surface area contributed by atoms with E-state index < -0.39 is 0 Å². The Labute approximate surface area is 86.5 Å². The summed E-state index contributed by atoms with van der Waals surface area (Å²) in [5.41, 5.74) is 2.61. The number of benzene rings is 1. The Morgan fingerprint density at radius 1 is 1.00 bits per heavy atom. The molecule has 0 aliphatic heterocycles. The first-order valence-corrected chi connectivity index (χ1v) is 5.68. The molecule has 0 heterocycles. The van der Waals surface area contributed by atoms with Crippen LogP contribution < -0.4 is 5.32 Å². The van der Waals surface area contributed by atoms with Gasteiger partial charge in [0.1, 0.15) is 0 Å². The smallest absolute Gasteiger partial charge is 0.0342 e. The molecule has 1 aliphatic rings. The topological polar surface area (TPSA) is 12.0 Å². The first-order chi connectivity index (χ1) is 6.84. The van der Waals surface area contributed by atoms with Crippen molar-refractivity contribution in [3.63, 3.8) is 0 Å². The van der Waals surface area contributed by atoms with E-state index in [0.717, 1.165) is 0 Å². The van der Waals surface area contributed by atoms with Crippen molar-refractivity contribution >= 4 is 5.69 Å². The van der Waals surface area contributed by atoms with E-state index in [1.165, 1.54) is 43.4 Å². The lowest BCUT2D eigenvalue weighted by molar-refractivity contribution is 0.463. The van der Waals surface area contributed by atoms with Gasteiger partial charge in [-0.1, -0.05) is 37.0 Å². The lowest BCUT2D eigenvalue weighted by atomic mass is 9.95. The van der Waals surface area contributed by atoms with Crippen LogP contribution in [0.5, 0.6) is 0 Å². The van der Waals surface area contributed by atoms with Crippen molar-refractivity contribution in [3.8, 4) is 0 Å². The van der Waals surface area contributed by atoms with Crippen molar-refractivity contribution < 1.29 is 0 Å². The molecular formula is C13H19N. The van der Waals surface area contributed by atoms with Crippen molar-refractivity contribution in [2.24, 2.45) is 0 Å². The third kappa shape index (κ3) is 2.50. The minimum absolute atomic E-state index is 0.714. The van der Waals surface area contributed by atoms with Crippen LogP contribution in [0, 0.1) is 6.92 Å². The molecule has 0 bridgehead atoms. The molecule has 1 heteroatoms. The molecule has 1 nitrogen and oxygen atoms in total. The van der Waals surface area contributed by atoms with Crippen LogP contribution in [0.3, 0.4) is 0 Å². The van der Waals surface area contributed by atoms with E-state index in [4.69, 9.17) is 0 Å². The largest absolute Gasteiger partial charge is 0.382 e. The van der Waals surface area contributed by atoms with Crippen LogP contribution in [-0.2, 0) is 0 Å². The number of nitrogens with one attached hydrogen (secondary N) is 1. The lowest BCUT2D eigenvalue weighted by Crippen LogP contribution is -2.22. The number of hydrogen-bond donors (Lipinski definition) is 1. The predicted octanol–water partition coefficient (Wildman–Crippen LogP) is 3.74. The molecule has 0 saturated heterocycles. The van der Waals surface area contributed by atoms with E-state index in [-0.39, 0.29) is 0 Å². The van der Waals surface area contributed by atoms with Crippen LogP contribution in [0.2, 0.25) is 0 Å². The molecule has 0 radical (unpaired) electrons. The van der Waals surface area contributed by atoms with Gasteiger partial charge in [0.15, 0.2) is 0 Å². The van der Waals surface area contributed by atoms with Gasteiger partial charge in [-0.05, 0) is 31.9 Å². The predicted molar refractivity (Wildman–Crippen MR) is 61.7 cm³/mol. The quantitative estimate of drug-likeness (QED) is 0.747. The van der Waals surface area contributed by atoms with Gasteiger partial charge >= 0.3 is 0 Å². The summed E-state index contributed by atoms with van der Waals surface area (Å²) in [4.78, 5) is 0. The monoisotopic (exact) mass is 189 g/mol. The van der Waals surface area contributed by atoms with Gasteiger partial charge < -0.3 is 5.32 Å². The first-order valence-electron chi connectivity index (χ1n) is 5.68. The molecule has 1 saturated carbocycles. The van der Waals surface area contributed by atoms with Gasteiger partial charge in [-0.2, -0.15) is 0 Å². The van der Waals surface area contributed by atoms with Crippen LogP contribution in [0.25, 0.3) is 0 Å². The Kier molecular flexibility index (Phi) is 3.07. The summed E-state index contributed by atoms with van der Waals surface area (Å²) in [5, 5.41) is 3.61. The Bertz CT molecular complexity index is 270. The maximum Gasteiger partial charge on any atom is 0.0342 e. The normalized spacial score (nSPS) is 18.1. The van der Waals surface area contributed by atoms with Crippen LogP contribution in [0.15, 0.2) is 24.3 Å². The molecule has 1 fully saturated rings. The molecule has 0 unspecified atom stereocenters. The molecule has 0 amide bonds. The minimum Gasteiger partial charge on any atom is -0.382 e. The Morgan fingerprint density at radius 3 is 2.29 bits per heavy atom. The Morgan fingerprint density at radius 2 is 1.64 bits per heavy atom. The lowest BCUT2D eigenvalue weighted by Gasteiger charge is -2.23. The van der Waals surface area contributed by atoms with Gasteiger partial charge in [-0.25, -0.2) is 0 Å². The summed E-state index contributed by atoms with van der Waals surface area (Å²) in [5.74, 6) is 0. The summed E-state index contributed by atoms with van der Waals surface area (Å²) < 4.78 is 0. The van der Waals surface area contributed by atoms with Crippen LogP contribution in [0.4, 0.5) is 5.69 Å². The molecule has 14 heavy (non-hydrogen) atoms. The fourth-order valence-electron chi connectivity index (χ4n) is 2.13. The second-order valence-electron chi connectivity index (χ2n) is 4.35. The summed E-state index contributed by atoms with van der Waals surface area (Å²) in [7, 11) is 0. The van der Waals surface area contributed by atoms with E-state index in [2.05, 4.69) is 36.5 Å². The molecule has 1 N–H and O–H groups in total. The molecule has 0 atom stereocenters. The van der Waals surface area contributed by atoms with Gasteiger partial charge in [-0.3, -0.25) is 0 Å². The second-order valence-corrected chi connectivity index (χ2v) is 4.35. The molecule has 0 spiro atoms. The average Bonchev–Trinajstić information content (AvgIpc) is 2.23. The number of anilines is 1. The molecule has 1 aliphatic carbocycles. The zero-order valence-corrected chi connectivity index (χ0v) is 8.92. The summed E-state index contributed by atoms with van der Waals surface area (Å²) in [6, 6.07) is 9.43. The molecular weight excluding hydrogens is 170 g/mol. The van der Waals surface area contributed by atoms with Crippen LogP contribution in [-0.4, -0.2) is 6.04 Å². The van der Waals surface area contributed by atoms with Crippen molar-refractivity contribution in [3.05, 3.63) is 29.8 Å². The van der Waals surface area contributed by atoms with Gasteiger partial charge in [0, 0.05) is 11.7 Å². The number of hydrogen-bond acceptors (Lipinski definition) is 1. The van der Waals surface area contributed by atoms with Crippen LogP contribution in [0.1, 0.15) is 37.7 Å². The van der Waals surface area contributed by atoms with Gasteiger partial charge in [0.2, 0.25) is 0 Å². The fraction of sp³-hybridized carbons (Fsp3) is 0.538. The van der Waals surface area contributed by atoms with Crippen molar-refractivity contribution in [2.75, 3.05) is 5.32 Å². The van der Waals surface area contributed by atoms with E-state index in [1.807, 2.05) is 0 Å². The van der Waals surface area contributed by atoms with Crippen LogP contribution >= 0.6 is 0 Å². The molecule has 76 valence electrons. The third-order valence-electron chi connectivity index (χ3n) is 3.03. The summed E-state index contributed by atoms with van der Waals surface area (Å²) in [6.07, 6.45) is 6.89. The maximum atomic E-state index is 3.61. The third-order valence-corrected chi connectivity index (χ3v) is 3.03. The zero-order chi connectivity index (χ0) is 9.80. The Balaban J connectivity index is 1.92. The summed E-state index contributed by atoms with van der Waals surface area (Å²) in [6.45, 7) is 2.13. The first kappa shape index (κ1) is 9.57. The van der Waals surface area contributed by atoms with Crippen molar-refractivity contribution in [1.82, 2.24) is 0 Å². The van der Waals surface area contributed by atoms with Crippen molar-refractivity contribution in [2.45, 2.75) is 45.1 Å². The van der Waals surface area contributed by atoms with E-state index >= 15 is 0 Å². The highest BCUT2D eigenvalue weighted by molar-refractivity contribution is 5.45. The maximum absolute atomic E-state index is 3.61. The molecule has 1 aromatic carbocycles. The average molecular weight is 189 g/mol. The highest BCUT2D eigenvalue weighted by Gasteiger charge is 2.12. The number of rotatable bonds is 2. The zero-order valence-electron chi connectivity index (χ0n) is 8.92. The van der Waals surface area contributed by atoms with Crippen molar-refractivity contribution in [1.29, 1.82) is 0 Å².